The van der Waals surface area contributed by atoms with Crippen LogP contribution in [0.4, 0.5) is 0 Å². The van der Waals surface area contributed by atoms with Crippen LogP contribution in [0.25, 0.3) is 10.6 Å². The summed E-state index contributed by atoms with van der Waals surface area (Å²) in [6, 6.07) is 16.4. The molecular formula is C25H28N2O3S. The number of benzene rings is 2. The van der Waals surface area contributed by atoms with Crippen molar-refractivity contribution in [3.05, 3.63) is 65.2 Å². The molecule has 5 nitrogen and oxygen atoms in total. The SMILES string of the molecule is CC[C@@H](c1ccccc1)[C@H]1CCCN1C(=O)c1csc(-c2cccc(OC)c2OC)n1. The summed E-state index contributed by atoms with van der Waals surface area (Å²) < 4.78 is 11.0. The summed E-state index contributed by atoms with van der Waals surface area (Å²) in [5, 5.41) is 2.61. The molecule has 1 fully saturated rings. The van der Waals surface area contributed by atoms with Crippen molar-refractivity contribution in [2.75, 3.05) is 20.8 Å². The number of thiazole rings is 1. The fraction of sp³-hybridized carbons (Fsp3) is 0.360. The number of nitrogens with zero attached hydrogens (tertiary/aromatic N) is 2. The third-order valence-electron chi connectivity index (χ3n) is 6.05. The van der Waals surface area contributed by atoms with Crippen molar-refractivity contribution >= 4 is 17.2 Å². The number of rotatable bonds is 7. The van der Waals surface area contributed by atoms with Gasteiger partial charge in [-0.25, -0.2) is 4.98 Å². The lowest BCUT2D eigenvalue weighted by Crippen LogP contribution is -2.39. The molecular weight excluding hydrogens is 408 g/mol. The van der Waals surface area contributed by atoms with Gasteiger partial charge in [-0.1, -0.05) is 43.3 Å². The number of carbonyl (C=O) groups is 1. The molecule has 1 amide bonds. The molecule has 31 heavy (non-hydrogen) atoms. The first-order chi connectivity index (χ1) is 15.2. The first kappa shape index (κ1) is 21.4. The lowest BCUT2D eigenvalue weighted by molar-refractivity contribution is 0.0709. The summed E-state index contributed by atoms with van der Waals surface area (Å²) in [4.78, 5) is 20.2. The minimum absolute atomic E-state index is 0.0150. The molecule has 0 aliphatic carbocycles. The number of ether oxygens (including phenoxy) is 2. The molecule has 1 aliphatic rings. The molecule has 2 atom stereocenters. The molecule has 0 unspecified atom stereocenters. The van der Waals surface area contributed by atoms with Crippen molar-refractivity contribution < 1.29 is 14.3 Å². The molecule has 0 saturated carbocycles. The highest BCUT2D eigenvalue weighted by molar-refractivity contribution is 7.13. The average Bonchev–Trinajstić information content (AvgIpc) is 3.50. The number of amides is 1. The van der Waals surface area contributed by atoms with E-state index in [-0.39, 0.29) is 11.9 Å². The molecule has 0 N–H and O–H groups in total. The largest absolute Gasteiger partial charge is 0.493 e. The Morgan fingerprint density at radius 1 is 1.16 bits per heavy atom. The second-order valence-electron chi connectivity index (χ2n) is 7.71. The summed E-state index contributed by atoms with van der Waals surface area (Å²) >= 11 is 1.46. The molecule has 3 aromatic rings. The minimum Gasteiger partial charge on any atom is -0.493 e. The Labute approximate surface area is 187 Å². The lowest BCUT2D eigenvalue weighted by atomic mass is 9.87. The monoisotopic (exact) mass is 436 g/mol. The van der Waals surface area contributed by atoms with Crippen molar-refractivity contribution in [2.24, 2.45) is 0 Å². The van der Waals surface area contributed by atoms with Crippen molar-refractivity contribution in [3.8, 4) is 22.1 Å². The zero-order chi connectivity index (χ0) is 21.8. The van der Waals surface area contributed by atoms with Crippen LogP contribution in [0, 0.1) is 0 Å². The van der Waals surface area contributed by atoms with Gasteiger partial charge in [-0.3, -0.25) is 4.79 Å². The van der Waals surface area contributed by atoms with E-state index in [0.29, 0.717) is 23.1 Å². The van der Waals surface area contributed by atoms with Crippen LogP contribution in [0.5, 0.6) is 11.5 Å². The van der Waals surface area contributed by atoms with E-state index in [1.165, 1.54) is 16.9 Å². The first-order valence-corrected chi connectivity index (χ1v) is 11.6. The normalized spacial score (nSPS) is 16.9. The first-order valence-electron chi connectivity index (χ1n) is 10.7. The van der Waals surface area contributed by atoms with Crippen LogP contribution >= 0.6 is 11.3 Å². The molecule has 2 heterocycles. The van der Waals surface area contributed by atoms with Gasteiger partial charge in [-0.2, -0.15) is 0 Å². The van der Waals surface area contributed by atoms with Gasteiger partial charge in [-0.05, 0) is 37.0 Å². The van der Waals surface area contributed by atoms with Crippen LogP contribution in [-0.4, -0.2) is 42.6 Å². The van der Waals surface area contributed by atoms with Crippen LogP contribution in [0.2, 0.25) is 0 Å². The molecule has 1 saturated heterocycles. The number of carbonyl (C=O) groups excluding carboxylic acids is 1. The topological polar surface area (TPSA) is 51.7 Å². The van der Waals surface area contributed by atoms with E-state index in [4.69, 9.17) is 14.5 Å². The maximum absolute atomic E-state index is 13.4. The third-order valence-corrected chi connectivity index (χ3v) is 6.92. The van der Waals surface area contributed by atoms with Gasteiger partial charge < -0.3 is 14.4 Å². The zero-order valence-corrected chi connectivity index (χ0v) is 19.0. The molecule has 0 bridgehead atoms. The van der Waals surface area contributed by atoms with E-state index < -0.39 is 0 Å². The van der Waals surface area contributed by atoms with Gasteiger partial charge in [-0.15, -0.1) is 11.3 Å². The van der Waals surface area contributed by atoms with E-state index in [1.54, 1.807) is 14.2 Å². The number of likely N-dealkylation sites (tertiary alicyclic amines) is 1. The Morgan fingerprint density at radius 3 is 2.68 bits per heavy atom. The van der Waals surface area contributed by atoms with E-state index >= 15 is 0 Å². The van der Waals surface area contributed by atoms with Crippen molar-refractivity contribution in [2.45, 2.75) is 38.1 Å². The van der Waals surface area contributed by atoms with Crippen molar-refractivity contribution in [3.63, 3.8) is 0 Å². The van der Waals surface area contributed by atoms with Crippen molar-refractivity contribution in [1.82, 2.24) is 9.88 Å². The Kier molecular flexibility index (Phi) is 6.56. The average molecular weight is 437 g/mol. The Bertz CT molecular complexity index is 1030. The third kappa shape index (κ3) is 4.17. The predicted molar refractivity (Wildman–Crippen MR) is 124 cm³/mol. The predicted octanol–water partition coefficient (Wildman–Crippen LogP) is 5.63. The van der Waals surface area contributed by atoms with Crippen LogP contribution < -0.4 is 9.47 Å². The van der Waals surface area contributed by atoms with Gasteiger partial charge in [0.05, 0.1) is 19.8 Å². The standard InChI is InChI=1S/C25H28N2O3S/c1-4-18(17-10-6-5-7-11-17)21-13-9-15-27(21)25(28)20-16-31-24(26-20)19-12-8-14-22(29-2)23(19)30-3/h5-8,10-12,14,16,18,21H,4,9,13,15H2,1-3H3/t18-,21+/m0/s1. The molecule has 1 aliphatic heterocycles. The van der Waals surface area contributed by atoms with E-state index in [9.17, 15) is 4.79 Å². The van der Waals surface area contributed by atoms with Crippen LogP contribution in [0.1, 0.15) is 48.2 Å². The van der Waals surface area contributed by atoms with E-state index in [2.05, 4.69) is 31.2 Å². The number of methoxy groups -OCH3 is 2. The van der Waals surface area contributed by atoms with Gasteiger partial charge in [0.15, 0.2) is 11.5 Å². The molecule has 1 aromatic heterocycles. The maximum Gasteiger partial charge on any atom is 0.273 e. The van der Waals surface area contributed by atoms with Gasteiger partial charge in [0, 0.05) is 23.9 Å². The highest BCUT2D eigenvalue weighted by atomic mass is 32.1. The Balaban J connectivity index is 1.60. The second kappa shape index (κ2) is 9.52. The van der Waals surface area contributed by atoms with E-state index in [1.807, 2.05) is 34.5 Å². The molecule has 0 spiro atoms. The molecule has 4 rings (SSSR count). The van der Waals surface area contributed by atoms with Gasteiger partial charge in [0.2, 0.25) is 0 Å². The maximum atomic E-state index is 13.4. The highest BCUT2D eigenvalue weighted by Gasteiger charge is 2.36. The van der Waals surface area contributed by atoms with Gasteiger partial charge in [0.1, 0.15) is 10.7 Å². The molecule has 162 valence electrons. The fourth-order valence-corrected chi connectivity index (χ4v) is 5.41. The number of hydrogen-bond donors (Lipinski definition) is 0. The zero-order valence-electron chi connectivity index (χ0n) is 18.2. The molecule has 0 radical (unpaired) electrons. The van der Waals surface area contributed by atoms with Crippen LogP contribution in [0.15, 0.2) is 53.9 Å². The summed E-state index contributed by atoms with van der Waals surface area (Å²) in [6.45, 7) is 2.98. The quantitative estimate of drug-likeness (QED) is 0.482. The number of aromatic nitrogens is 1. The summed E-state index contributed by atoms with van der Waals surface area (Å²) in [5.41, 5.74) is 2.63. The second-order valence-corrected chi connectivity index (χ2v) is 8.57. The van der Waals surface area contributed by atoms with Crippen LogP contribution in [-0.2, 0) is 0 Å². The van der Waals surface area contributed by atoms with Crippen LogP contribution in [0.3, 0.4) is 0 Å². The Morgan fingerprint density at radius 2 is 1.97 bits per heavy atom. The smallest absolute Gasteiger partial charge is 0.273 e. The summed E-state index contributed by atoms with van der Waals surface area (Å²) in [6.07, 6.45) is 3.06. The number of hydrogen-bond acceptors (Lipinski definition) is 5. The molecule has 6 heteroatoms. The van der Waals surface area contributed by atoms with Crippen molar-refractivity contribution in [1.29, 1.82) is 0 Å². The highest BCUT2D eigenvalue weighted by Crippen LogP contribution is 2.40. The minimum atomic E-state index is 0.0150. The fourth-order valence-electron chi connectivity index (χ4n) is 4.59. The number of para-hydroxylation sites is 1. The summed E-state index contributed by atoms with van der Waals surface area (Å²) in [7, 11) is 3.23. The molecule has 2 aromatic carbocycles. The Hall–Kier alpha value is -2.86. The summed E-state index contributed by atoms with van der Waals surface area (Å²) in [5.74, 6) is 1.63. The van der Waals surface area contributed by atoms with E-state index in [0.717, 1.165) is 36.4 Å². The lowest BCUT2D eigenvalue weighted by Gasteiger charge is -2.31. The van der Waals surface area contributed by atoms with Gasteiger partial charge >= 0.3 is 0 Å². The van der Waals surface area contributed by atoms with Gasteiger partial charge in [0.25, 0.3) is 5.91 Å².